The van der Waals surface area contributed by atoms with Gasteiger partial charge in [-0.25, -0.2) is 18.8 Å². The predicted octanol–water partition coefficient (Wildman–Crippen LogP) is 3.10. The van der Waals surface area contributed by atoms with Gasteiger partial charge in [0, 0.05) is 11.8 Å². The Labute approximate surface area is 238 Å². The molecule has 214 valence electrons. The zero-order valence-electron chi connectivity index (χ0n) is 22.0. The number of aromatic nitrogens is 2. The van der Waals surface area contributed by atoms with Gasteiger partial charge in [0.25, 0.3) is 5.91 Å². The van der Waals surface area contributed by atoms with E-state index in [9.17, 15) is 19.2 Å². The molecule has 0 saturated carbocycles. The van der Waals surface area contributed by atoms with E-state index in [0.717, 1.165) is 10.8 Å². The molecule has 2 heterocycles. The molecular formula is C30H25FN4O7. The molecule has 5 rings (SSSR count). The van der Waals surface area contributed by atoms with Crippen LogP contribution in [0.15, 0.2) is 108 Å². The van der Waals surface area contributed by atoms with Crippen LogP contribution in [-0.2, 0) is 14.2 Å². The number of anilines is 1. The Bertz CT molecular complexity index is 1640. The number of halogens is 1. The number of benzene rings is 3. The van der Waals surface area contributed by atoms with Crippen LogP contribution in [0.3, 0.4) is 0 Å². The highest BCUT2D eigenvalue weighted by Crippen LogP contribution is 2.38. The van der Waals surface area contributed by atoms with Crippen LogP contribution in [0, 0.1) is 0 Å². The quantitative estimate of drug-likeness (QED) is 0.304. The summed E-state index contributed by atoms with van der Waals surface area (Å²) in [5, 5.41) is 2.50. The second-order valence-electron chi connectivity index (χ2n) is 9.36. The number of alkyl halides is 1. The number of nitrogens with zero attached hydrogens (tertiary/aromatic N) is 2. The van der Waals surface area contributed by atoms with E-state index in [1.54, 1.807) is 66.7 Å². The molecule has 4 aromatic rings. The summed E-state index contributed by atoms with van der Waals surface area (Å²) in [4.78, 5) is 54.6. The topological polar surface area (TPSA) is 152 Å². The summed E-state index contributed by atoms with van der Waals surface area (Å²) in [7, 11) is 0. The number of carbonyl (C=O) groups excluding carboxylic acids is 3. The van der Waals surface area contributed by atoms with E-state index in [1.165, 1.54) is 30.3 Å². The van der Waals surface area contributed by atoms with Crippen molar-refractivity contribution in [3.05, 3.63) is 130 Å². The minimum Gasteiger partial charge on any atom is -0.457 e. The van der Waals surface area contributed by atoms with Gasteiger partial charge < -0.3 is 19.5 Å². The van der Waals surface area contributed by atoms with Gasteiger partial charge in [-0.15, -0.1) is 0 Å². The molecule has 1 aliphatic heterocycles. The average Bonchev–Trinajstić information content (AvgIpc) is 3.26. The zero-order chi connectivity index (χ0) is 29.7. The molecule has 12 heteroatoms. The van der Waals surface area contributed by atoms with Crippen molar-refractivity contribution < 1.29 is 33.0 Å². The fourth-order valence-corrected chi connectivity index (χ4v) is 4.31. The van der Waals surface area contributed by atoms with Crippen molar-refractivity contribution >= 4 is 23.7 Å². The van der Waals surface area contributed by atoms with Gasteiger partial charge in [-0.2, -0.15) is 4.98 Å². The third-order valence-electron chi connectivity index (χ3n) is 6.45. The molecule has 0 bridgehead atoms. The molecular weight excluding hydrogens is 547 g/mol. The second-order valence-corrected chi connectivity index (χ2v) is 9.36. The molecule has 1 aromatic heterocycles. The number of hydrogen-bond donors (Lipinski definition) is 2. The number of esters is 2. The summed E-state index contributed by atoms with van der Waals surface area (Å²) >= 11 is 0. The van der Waals surface area contributed by atoms with Crippen LogP contribution in [0.1, 0.15) is 37.3 Å². The molecule has 0 radical (unpaired) electrons. The Balaban J connectivity index is 1.39. The number of carbonyl (C=O) groups is 3. The Kier molecular flexibility index (Phi) is 8.18. The molecule has 3 N–H and O–H groups in total. The Morgan fingerprint density at radius 2 is 1.43 bits per heavy atom. The third kappa shape index (κ3) is 6.09. The molecule has 1 amide bonds. The molecule has 4 atom stereocenters. The summed E-state index contributed by atoms with van der Waals surface area (Å²) in [6.45, 7) is -0.711. The van der Waals surface area contributed by atoms with Crippen LogP contribution in [0.25, 0.3) is 0 Å². The smallest absolute Gasteiger partial charge is 0.351 e. The maximum atomic E-state index is 16.0. The molecule has 42 heavy (non-hydrogen) atoms. The van der Waals surface area contributed by atoms with Crippen LogP contribution < -0.4 is 16.7 Å². The molecule has 0 spiro atoms. The Morgan fingerprint density at radius 1 is 0.881 bits per heavy atom. The highest BCUT2D eigenvalue weighted by molar-refractivity contribution is 6.03. The van der Waals surface area contributed by atoms with Gasteiger partial charge >= 0.3 is 17.6 Å². The highest BCUT2D eigenvalue weighted by Gasteiger charge is 2.58. The number of ether oxygens (including phenoxy) is 3. The first kappa shape index (κ1) is 28.3. The number of hydrogen-bond acceptors (Lipinski definition) is 9. The van der Waals surface area contributed by atoms with Crippen molar-refractivity contribution in [1.82, 2.24) is 9.55 Å². The van der Waals surface area contributed by atoms with Gasteiger partial charge in [0.2, 0.25) is 0 Å². The average molecular weight is 573 g/mol. The molecule has 0 aliphatic carbocycles. The first-order valence-electron chi connectivity index (χ1n) is 12.8. The summed E-state index contributed by atoms with van der Waals surface area (Å²) in [6, 6.07) is 25.3. The normalized spacial score (nSPS) is 21.3. The van der Waals surface area contributed by atoms with Crippen molar-refractivity contribution in [1.29, 1.82) is 0 Å². The highest BCUT2D eigenvalue weighted by atomic mass is 19.1. The Hall–Kier alpha value is -5.20. The lowest BCUT2D eigenvalue weighted by atomic mass is 10.1. The maximum absolute atomic E-state index is 16.0. The number of nitrogens with one attached hydrogen (secondary N) is 1. The number of nitrogens with two attached hydrogens (primary N) is 1. The predicted molar refractivity (Wildman–Crippen MR) is 147 cm³/mol. The lowest BCUT2D eigenvalue weighted by molar-refractivity contribution is -0.129. The van der Waals surface area contributed by atoms with Gasteiger partial charge in [0.05, 0.1) is 11.1 Å². The summed E-state index contributed by atoms with van der Waals surface area (Å²) in [5.41, 5.74) is 3.88. The van der Waals surface area contributed by atoms with E-state index in [2.05, 4.69) is 10.3 Å². The summed E-state index contributed by atoms with van der Waals surface area (Å²) in [5.74, 6) is -2.26. The van der Waals surface area contributed by atoms with E-state index < -0.39 is 54.4 Å². The van der Waals surface area contributed by atoms with Gasteiger partial charge in [0.1, 0.15) is 12.4 Å². The second kappa shape index (κ2) is 12.1. The third-order valence-corrected chi connectivity index (χ3v) is 6.45. The number of amides is 1. The summed E-state index contributed by atoms with van der Waals surface area (Å²) < 4.78 is 33.3. The SMILES string of the molecule is N[C@]1(COC(=O)c2ccccc2)O[C@@H](n2ccc(NC(=O)c3ccccc3)nc2=O)[C@H](F)[C@@H]1OC(=O)c1ccccc1. The number of rotatable bonds is 8. The van der Waals surface area contributed by atoms with Crippen LogP contribution in [0.5, 0.6) is 0 Å². The summed E-state index contributed by atoms with van der Waals surface area (Å²) in [6.07, 6.45) is -4.52. The van der Waals surface area contributed by atoms with Crippen LogP contribution in [0.2, 0.25) is 0 Å². The monoisotopic (exact) mass is 572 g/mol. The van der Waals surface area contributed by atoms with Crippen molar-refractivity contribution in [2.75, 3.05) is 11.9 Å². The minimum absolute atomic E-state index is 0.0821. The van der Waals surface area contributed by atoms with Crippen molar-refractivity contribution in [2.45, 2.75) is 24.2 Å². The van der Waals surface area contributed by atoms with Crippen LogP contribution in [-0.4, -0.2) is 52.0 Å². The van der Waals surface area contributed by atoms with Crippen molar-refractivity contribution in [3.63, 3.8) is 0 Å². The van der Waals surface area contributed by atoms with Gasteiger partial charge in [-0.05, 0) is 42.5 Å². The van der Waals surface area contributed by atoms with E-state index >= 15 is 4.39 Å². The maximum Gasteiger partial charge on any atom is 0.351 e. The first-order chi connectivity index (χ1) is 20.2. The van der Waals surface area contributed by atoms with Crippen molar-refractivity contribution in [2.24, 2.45) is 5.73 Å². The zero-order valence-corrected chi connectivity index (χ0v) is 22.0. The van der Waals surface area contributed by atoms with Crippen LogP contribution >= 0.6 is 0 Å². The van der Waals surface area contributed by atoms with Crippen LogP contribution in [0.4, 0.5) is 10.2 Å². The van der Waals surface area contributed by atoms with Crippen molar-refractivity contribution in [3.8, 4) is 0 Å². The van der Waals surface area contributed by atoms with E-state index in [4.69, 9.17) is 19.9 Å². The lowest BCUT2D eigenvalue weighted by Crippen LogP contribution is -2.56. The fourth-order valence-electron chi connectivity index (χ4n) is 4.31. The van der Waals surface area contributed by atoms with Gasteiger partial charge in [0.15, 0.2) is 24.2 Å². The molecule has 0 unspecified atom stereocenters. The first-order valence-corrected chi connectivity index (χ1v) is 12.8. The molecule has 1 aliphatic rings. The van der Waals surface area contributed by atoms with E-state index in [1.807, 2.05) is 0 Å². The van der Waals surface area contributed by atoms with E-state index in [0.29, 0.717) is 5.56 Å². The van der Waals surface area contributed by atoms with E-state index in [-0.39, 0.29) is 16.9 Å². The fraction of sp³-hybridized carbons (Fsp3) is 0.167. The molecule has 1 saturated heterocycles. The largest absolute Gasteiger partial charge is 0.457 e. The molecule has 3 aromatic carbocycles. The molecule has 11 nitrogen and oxygen atoms in total. The lowest BCUT2D eigenvalue weighted by Gasteiger charge is -2.29. The molecule has 1 fully saturated rings. The minimum atomic E-state index is -2.18. The standard InChI is InChI=1S/C30H25FN4O7/c31-23-24(41-28(38)21-14-8-3-9-15-21)30(32,18-40-27(37)20-12-6-2-7-13-20)42-26(23)35-17-16-22(34-29(35)39)33-25(36)19-10-4-1-5-11-19/h1-17,23-24,26H,18,32H2,(H,33,34,36,39)/t23-,24+,26-,30-/m1/s1. The van der Waals surface area contributed by atoms with Gasteiger partial charge in [-0.3, -0.25) is 15.1 Å². The van der Waals surface area contributed by atoms with Gasteiger partial charge in [-0.1, -0.05) is 54.6 Å². The Morgan fingerprint density at radius 3 is 2.00 bits per heavy atom.